The standard InChI is InChI=1S/C22H25N3O3S/c1-27-18-10-9-15(14-19(18)28-2)11-12-23-22(26)25-13-5-7-17(25)21-24-16-6-3-4-8-20(16)29-21/h3-4,6,8-10,14,17H,5,7,11-13H2,1-2H3,(H,23,26)/t17-/m0/s1. The second-order valence-electron chi connectivity index (χ2n) is 7.04. The van der Waals surface area contributed by atoms with Gasteiger partial charge in [-0.25, -0.2) is 9.78 Å². The number of ether oxygens (including phenoxy) is 2. The van der Waals surface area contributed by atoms with Crippen LogP contribution >= 0.6 is 11.3 Å². The second-order valence-corrected chi connectivity index (χ2v) is 8.10. The highest BCUT2D eigenvalue weighted by Gasteiger charge is 2.32. The van der Waals surface area contributed by atoms with Gasteiger partial charge in [0.2, 0.25) is 0 Å². The lowest BCUT2D eigenvalue weighted by Gasteiger charge is -2.23. The van der Waals surface area contributed by atoms with Gasteiger partial charge in [0.05, 0.1) is 30.5 Å². The van der Waals surface area contributed by atoms with Gasteiger partial charge in [-0.3, -0.25) is 0 Å². The highest BCUT2D eigenvalue weighted by molar-refractivity contribution is 7.18. The van der Waals surface area contributed by atoms with Crippen molar-refractivity contribution in [3.8, 4) is 11.5 Å². The second kappa shape index (κ2) is 8.69. The predicted molar refractivity (Wildman–Crippen MR) is 115 cm³/mol. The summed E-state index contributed by atoms with van der Waals surface area (Å²) in [5, 5.41) is 4.09. The third kappa shape index (κ3) is 4.15. The Balaban J connectivity index is 1.37. The molecule has 2 amide bonds. The Kier molecular flexibility index (Phi) is 5.85. The molecule has 2 heterocycles. The van der Waals surface area contributed by atoms with E-state index >= 15 is 0 Å². The van der Waals surface area contributed by atoms with E-state index in [1.807, 2.05) is 41.3 Å². The van der Waals surface area contributed by atoms with Gasteiger partial charge in [0.15, 0.2) is 11.5 Å². The van der Waals surface area contributed by atoms with E-state index in [1.54, 1.807) is 25.6 Å². The first-order chi connectivity index (χ1) is 14.2. The zero-order valence-electron chi connectivity index (χ0n) is 16.7. The number of likely N-dealkylation sites (tertiary alicyclic amines) is 1. The fourth-order valence-electron chi connectivity index (χ4n) is 3.75. The van der Waals surface area contributed by atoms with Crippen LogP contribution in [0.5, 0.6) is 11.5 Å². The molecule has 0 saturated carbocycles. The predicted octanol–water partition coefficient (Wildman–Crippen LogP) is 4.40. The molecule has 1 saturated heterocycles. The third-order valence-corrected chi connectivity index (χ3v) is 6.38. The SMILES string of the molecule is COc1ccc(CCNC(=O)N2CCC[C@H]2c2nc3ccccc3s2)cc1OC. The van der Waals surface area contributed by atoms with Crippen LogP contribution in [0, 0.1) is 0 Å². The van der Waals surface area contributed by atoms with Crippen molar-refractivity contribution in [3.63, 3.8) is 0 Å². The van der Waals surface area contributed by atoms with Crippen LogP contribution in [-0.4, -0.2) is 43.2 Å². The number of carbonyl (C=O) groups excluding carboxylic acids is 1. The number of amides is 2. The molecule has 2 aromatic carbocycles. The smallest absolute Gasteiger partial charge is 0.318 e. The maximum absolute atomic E-state index is 12.8. The van der Waals surface area contributed by atoms with Gasteiger partial charge in [-0.15, -0.1) is 11.3 Å². The minimum Gasteiger partial charge on any atom is -0.493 e. The first-order valence-corrected chi connectivity index (χ1v) is 10.6. The average Bonchev–Trinajstić information content (AvgIpc) is 3.40. The average molecular weight is 412 g/mol. The van der Waals surface area contributed by atoms with E-state index in [1.165, 1.54) is 4.70 Å². The number of methoxy groups -OCH3 is 2. The fourth-order valence-corrected chi connectivity index (χ4v) is 4.87. The van der Waals surface area contributed by atoms with Crippen molar-refractivity contribution in [1.29, 1.82) is 0 Å². The van der Waals surface area contributed by atoms with Crippen LogP contribution in [0.15, 0.2) is 42.5 Å². The Bertz CT molecular complexity index is 971. The maximum atomic E-state index is 12.8. The summed E-state index contributed by atoms with van der Waals surface area (Å²) in [6, 6.07) is 14.0. The number of nitrogens with zero attached hydrogens (tertiary/aromatic N) is 2. The zero-order chi connectivity index (χ0) is 20.2. The number of aromatic nitrogens is 1. The molecule has 1 aliphatic rings. The Morgan fingerprint density at radius 2 is 2.03 bits per heavy atom. The molecule has 1 atom stereocenters. The van der Waals surface area contributed by atoms with Crippen molar-refractivity contribution >= 4 is 27.6 Å². The van der Waals surface area contributed by atoms with E-state index in [0.29, 0.717) is 18.0 Å². The van der Waals surface area contributed by atoms with Crippen LogP contribution in [0.2, 0.25) is 0 Å². The molecule has 0 spiro atoms. The molecule has 0 unspecified atom stereocenters. The molecule has 0 aliphatic carbocycles. The van der Waals surface area contributed by atoms with E-state index in [4.69, 9.17) is 14.5 Å². The molecule has 7 heteroatoms. The molecular formula is C22H25N3O3S. The molecule has 1 fully saturated rings. The Morgan fingerprint density at radius 3 is 2.83 bits per heavy atom. The van der Waals surface area contributed by atoms with Crippen LogP contribution in [0.3, 0.4) is 0 Å². The highest BCUT2D eigenvalue weighted by atomic mass is 32.1. The molecule has 1 aliphatic heterocycles. The lowest BCUT2D eigenvalue weighted by atomic mass is 10.1. The number of hydrogen-bond acceptors (Lipinski definition) is 5. The number of hydrogen-bond donors (Lipinski definition) is 1. The summed E-state index contributed by atoms with van der Waals surface area (Å²) in [6.07, 6.45) is 2.69. The van der Waals surface area contributed by atoms with Gasteiger partial charge in [0.1, 0.15) is 5.01 Å². The fraction of sp³-hybridized carbons (Fsp3) is 0.364. The molecule has 29 heavy (non-hydrogen) atoms. The van der Waals surface area contributed by atoms with Gasteiger partial charge in [-0.1, -0.05) is 18.2 Å². The topological polar surface area (TPSA) is 63.7 Å². The molecular weight excluding hydrogens is 386 g/mol. The molecule has 152 valence electrons. The van der Waals surface area contributed by atoms with Crippen LogP contribution in [0.25, 0.3) is 10.2 Å². The van der Waals surface area contributed by atoms with Crippen molar-refractivity contribution in [1.82, 2.24) is 15.2 Å². The van der Waals surface area contributed by atoms with Gasteiger partial charge >= 0.3 is 6.03 Å². The molecule has 3 aromatic rings. The first-order valence-electron chi connectivity index (χ1n) is 9.80. The molecule has 1 N–H and O–H groups in total. The van der Waals surface area contributed by atoms with Gasteiger partial charge in [-0.2, -0.15) is 0 Å². The summed E-state index contributed by atoms with van der Waals surface area (Å²) in [5.74, 6) is 1.41. The maximum Gasteiger partial charge on any atom is 0.318 e. The third-order valence-electron chi connectivity index (χ3n) is 5.25. The Morgan fingerprint density at radius 1 is 1.21 bits per heavy atom. The summed E-state index contributed by atoms with van der Waals surface area (Å²) < 4.78 is 11.8. The number of rotatable bonds is 6. The first kappa shape index (κ1) is 19.5. The summed E-state index contributed by atoms with van der Waals surface area (Å²) >= 11 is 1.69. The lowest BCUT2D eigenvalue weighted by molar-refractivity contribution is 0.193. The van der Waals surface area contributed by atoms with E-state index in [-0.39, 0.29) is 12.1 Å². The number of para-hydroxylation sites is 1. The molecule has 0 radical (unpaired) electrons. The zero-order valence-corrected chi connectivity index (χ0v) is 17.5. The molecule has 0 bridgehead atoms. The summed E-state index contributed by atoms with van der Waals surface area (Å²) in [7, 11) is 3.24. The highest BCUT2D eigenvalue weighted by Crippen LogP contribution is 2.36. The number of fused-ring (bicyclic) bond motifs is 1. The Hall–Kier alpha value is -2.80. The Labute approximate surface area is 174 Å². The van der Waals surface area contributed by atoms with Crippen molar-refractivity contribution in [2.75, 3.05) is 27.3 Å². The van der Waals surface area contributed by atoms with Crippen LogP contribution in [0.4, 0.5) is 4.79 Å². The number of thiazole rings is 1. The summed E-state index contributed by atoms with van der Waals surface area (Å²) in [4.78, 5) is 19.5. The number of carbonyl (C=O) groups is 1. The quantitative estimate of drug-likeness (QED) is 0.653. The molecule has 1 aromatic heterocycles. The van der Waals surface area contributed by atoms with E-state index in [9.17, 15) is 4.79 Å². The van der Waals surface area contributed by atoms with Gasteiger partial charge < -0.3 is 19.7 Å². The van der Waals surface area contributed by atoms with E-state index in [0.717, 1.165) is 41.9 Å². The van der Waals surface area contributed by atoms with Gasteiger partial charge in [0.25, 0.3) is 0 Å². The van der Waals surface area contributed by atoms with E-state index in [2.05, 4.69) is 11.4 Å². The van der Waals surface area contributed by atoms with E-state index < -0.39 is 0 Å². The monoisotopic (exact) mass is 411 g/mol. The number of urea groups is 1. The van der Waals surface area contributed by atoms with Crippen molar-refractivity contribution in [2.45, 2.75) is 25.3 Å². The normalized spacial score (nSPS) is 16.2. The van der Waals surface area contributed by atoms with Crippen LogP contribution in [-0.2, 0) is 6.42 Å². The van der Waals surface area contributed by atoms with Gasteiger partial charge in [-0.05, 0) is 49.1 Å². The number of benzene rings is 2. The van der Waals surface area contributed by atoms with Crippen molar-refractivity contribution in [3.05, 3.63) is 53.0 Å². The van der Waals surface area contributed by atoms with Gasteiger partial charge in [0, 0.05) is 13.1 Å². The van der Waals surface area contributed by atoms with Crippen LogP contribution in [0.1, 0.15) is 29.5 Å². The largest absolute Gasteiger partial charge is 0.493 e. The molecule has 6 nitrogen and oxygen atoms in total. The minimum absolute atomic E-state index is 0.0211. The summed E-state index contributed by atoms with van der Waals surface area (Å²) in [5.41, 5.74) is 2.10. The molecule has 4 rings (SSSR count). The lowest BCUT2D eigenvalue weighted by Crippen LogP contribution is -2.40. The minimum atomic E-state index is -0.0211. The summed E-state index contributed by atoms with van der Waals surface area (Å²) in [6.45, 7) is 1.33. The van der Waals surface area contributed by atoms with Crippen molar-refractivity contribution < 1.29 is 14.3 Å². The van der Waals surface area contributed by atoms with Crippen LogP contribution < -0.4 is 14.8 Å². The number of nitrogens with one attached hydrogen (secondary N) is 1. The van der Waals surface area contributed by atoms with Crippen molar-refractivity contribution in [2.24, 2.45) is 0 Å².